The van der Waals surface area contributed by atoms with E-state index in [4.69, 9.17) is 5.11 Å². The Kier molecular flexibility index (Phi) is 4.16. The van der Waals surface area contributed by atoms with E-state index in [0.29, 0.717) is 18.9 Å². The Balaban J connectivity index is 1.99. The molecule has 0 unspecified atom stereocenters. The molecule has 0 aromatic carbocycles. The highest BCUT2D eigenvalue weighted by Crippen LogP contribution is 2.17. The number of anilines is 1. The van der Waals surface area contributed by atoms with Crippen LogP contribution in [0.2, 0.25) is 0 Å². The molecule has 1 amide bonds. The van der Waals surface area contributed by atoms with Gasteiger partial charge in [0, 0.05) is 26.1 Å². The highest BCUT2D eigenvalue weighted by molar-refractivity contribution is 5.88. The fourth-order valence-electron chi connectivity index (χ4n) is 2.23. The van der Waals surface area contributed by atoms with Gasteiger partial charge < -0.3 is 15.3 Å². The third-order valence-electron chi connectivity index (χ3n) is 3.38. The summed E-state index contributed by atoms with van der Waals surface area (Å²) in [6, 6.07) is 1.29. The summed E-state index contributed by atoms with van der Waals surface area (Å²) < 4.78 is 13.2. The molecular formula is C13H16FN3O3. The largest absolute Gasteiger partial charge is 0.478 e. The second-order valence-corrected chi connectivity index (χ2v) is 4.78. The average molecular weight is 281 g/mol. The predicted octanol–water partition coefficient (Wildman–Crippen LogP) is 1.34. The number of amides is 1. The summed E-state index contributed by atoms with van der Waals surface area (Å²) >= 11 is 0. The minimum absolute atomic E-state index is 0.0523. The Bertz CT molecular complexity index is 528. The molecule has 1 aliphatic rings. The molecule has 2 rings (SSSR count). The Morgan fingerprint density at radius 1 is 1.45 bits per heavy atom. The van der Waals surface area contributed by atoms with Gasteiger partial charge in [-0.1, -0.05) is 0 Å². The molecular weight excluding hydrogens is 265 g/mol. The van der Waals surface area contributed by atoms with Crippen molar-refractivity contribution in [1.29, 1.82) is 0 Å². The molecule has 1 aromatic heterocycles. The lowest BCUT2D eigenvalue weighted by molar-refractivity contribution is -0.129. The lowest BCUT2D eigenvalue weighted by atomic mass is 10.0. The Morgan fingerprint density at radius 2 is 2.10 bits per heavy atom. The summed E-state index contributed by atoms with van der Waals surface area (Å²) in [5.41, 5.74) is -0.399. The van der Waals surface area contributed by atoms with Crippen molar-refractivity contribution in [2.75, 3.05) is 18.4 Å². The van der Waals surface area contributed by atoms with E-state index in [-0.39, 0.29) is 11.9 Å². The van der Waals surface area contributed by atoms with Crippen LogP contribution in [0.15, 0.2) is 12.3 Å². The number of halogens is 1. The van der Waals surface area contributed by atoms with Crippen LogP contribution in [0.5, 0.6) is 0 Å². The van der Waals surface area contributed by atoms with Gasteiger partial charge in [0.05, 0.1) is 6.20 Å². The number of hydrogen-bond donors (Lipinski definition) is 2. The number of carbonyl (C=O) groups is 2. The maximum absolute atomic E-state index is 13.2. The third-order valence-corrected chi connectivity index (χ3v) is 3.38. The second kappa shape index (κ2) is 5.85. The Hall–Kier alpha value is -2.18. The number of pyridine rings is 1. The number of hydrogen-bond acceptors (Lipinski definition) is 4. The fraction of sp³-hybridized carbons (Fsp3) is 0.462. The molecule has 0 bridgehead atoms. The van der Waals surface area contributed by atoms with Gasteiger partial charge in [0.15, 0.2) is 5.82 Å². The monoisotopic (exact) mass is 281 g/mol. The maximum Gasteiger partial charge on any atom is 0.338 e. The van der Waals surface area contributed by atoms with Crippen LogP contribution in [0.3, 0.4) is 0 Å². The number of carboxylic acid groups (broad SMARTS) is 1. The van der Waals surface area contributed by atoms with Crippen molar-refractivity contribution in [1.82, 2.24) is 9.88 Å². The summed E-state index contributed by atoms with van der Waals surface area (Å²) in [6.45, 7) is 2.84. The topological polar surface area (TPSA) is 82.5 Å². The molecule has 1 saturated heterocycles. The van der Waals surface area contributed by atoms with Crippen molar-refractivity contribution in [2.45, 2.75) is 25.8 Å². The van der Waals surface area contributed by atoms with Crippen LogP contribution in [-0.4, -0.2) is 46.0 Å². The molecule has 0 atom stereocenters. The predicted molar refractivity (Wildman–Crippen MR) is 70.1 cm³/mol. The van der Waals surface area contributed by atoms with Gasteiger partial charge in [-0.15, -0.1) is 0 Å². The van der Waals surface area contributed by atoms with Gasteiger partial charge in [-0.2, -0.15) is 0 Å². The molecule has 7 heteroatoms. The van der Waals surface area contributed by atoms with Crippen LogP contribution in [0.25, 0.3) is 0 Å². The third kappa shape index (κ3) is 3.23. The molecule has 20 heavy (non-hydrogen) atoms. The molecule has 2 N–H and O–H groups in total. The number of nitrogens with one attached hydrogen (secondary N) is 1. The first-order chi connectivity index (χ1) is 9.47. The minimum Gasteiger partial charge on any atom is -0.478 e. The second-order valence-electron chi connectivity index (χ2n) is 4.78. The molecule has 0 radical (unpaired) electrons. The van der Waals surface area contributed by atoms with Crippen LogP contribution < -0.4 is 5.32 Å². The zero-order valence-corrected chi connectivity index (χ0v) is 11.1. The van der Waals surface area contributed by atoms with E-state index in [0.717, 1.165) is 19.0 Å². The number of aromatic nitrogens is 1. The van der Waals surface area contributed by atoms with Crippen LogP contribution in [0, 0.1) is 5.82 Å². The van der Waals surface area contributed by atoms with E-state index in [2.05, 4.69) is 10.3 Å². The van der Waals surface area contributed by atoms with Crippen molar-refractivity contribution in [3.8, 4) is 0 Å². The first-order valence-corrected chi connectivity index (χ1v) is 6.38. The maximum atomic E-state index is 13.2. The first-order valence-electron chi connectivity index (χ1n) is 6.38. The van der Waals surface area contributed by atoms with Crippen LogP contribution in [0.4, 0.5) is 10.2 Å². The van der Waals surface area contributed by atoms with E-state index in [1.165, 1.54) is 13.0 Å². The van der Waals surface area contributed by atoms with E-state index < -0.39 is 17.3 Å². The lowest BCUT2D eigenvalue weighted by Crippen LogP contribution is -2.41. The lowest BCUT2D eigenvalue weighted by Gasteiger charge is -2.32. The summed E-state index contributed by atoms with van der Waals surface area (Å²) in [4.78, 5) is 27.7. The molecule has 2 heterocycles. The molecule has 0 saturated carbocycles. The minimum atomic E-state index is -1.32. The first kappa shape index (κ1) is 14.2. The molecule has 0 spiro atoms. The summed E-state index contributed by atoms with van der Waals surface area (Å²) in [5.74, 6) is -1.78. The number of carbonyl (C=O) groups excluding carboxylic acids is 1. The molecule has 1 fully saturated rings. The van der Waals surface area contributed by atoms with Gasteiger partial charge in [-0.05, 0) is 18.9 Å². The fourth-order valence-corrected chi connectivity index (χ4v) is 2.23. The molecule has 1 aromatic rings. The molecule has 0 aliphatic carbocycles. The highest BCUT2D eigenvalue weighted by Gasteiger charge is 2.21. The Labute approximate surface area is 115 Å². The number of likely N-dealkylation sites (tertiary alicyclic amines) is 1. The van der Waals surface area contributed by atoms with Gasteiger partial charge in [0.1, 0.15) is 11.4 Å². The van der Waals surface area contributed by atoms with Crippen LogP contribution in [0.1, 0.15) is 30.1 Å². The molecule has 6 nitrogen and oxygen atoms in total. The smallest absolute Gasteiger partial charge is 0.338 e. The van der Waals surface area contributed by atoms with Gasteiger partial charge in [-0.3, -0.25) is 4.79 Å². The van der Waals surface area contributed by atoms with Crippen molar-refractivity contribution in [2.24, 2.45) is 0 Å². The normalized spacial score (nSPS) is 16.0. The average Bonchev–Trinajstić information content (AvgIpc) is 2.41. The quantitative estimate of drug-likeness (QED) is 0.873. The summed E-state index contributed by atoms with van der Waals surface area (Å²) in [6.07, 6.45) is 2.40. The summed E-state index contributed by atoms with van der Waals surface area (Å²) in [5, 5.41) is 11.9. The number of nitrogens with zero attached hydrogens (tertiary/aromatic N) is 2. The van der Waals surface area contributed by atoms with Crippen LogP contribution in [-0.2, 0) is 4.79 Å². The molecule has 108 valence electrons. The van der Waals surface area contributed by atoms with Crippen molar-refractivity contribution in [3.63, 3.8) is 0 Å². The van der Waals surface area contributed by atoms with E-state index in [9.17, 15) is 14.0 Å². The standard InChI is InChI=1S/C13H16FN3O3/c1-8(18)17-4-2-9(3-5-17)16-12-6-10(13(19)20)11(14)7-15-12/h6-7,9H,2-5H2,1H3,(H,15,16)(H,19,20). The van der Waals surface area contributed by atoms with E-state index in [1.807, 2.05) is 0 Å². The van der Waals surface area contributed by atoms with Gasteiger partial charge in [0.2, 0.25) is 5.91 Å². The van der Waals surface area contributed by atoms with Gasteiger partial charge in [0.25, 0.3) is 0 Å². The van der Waals surface area contributed by atoms with Gasteiger partial charge in [-0.25, -0.2) is 14.2 Å². The van der Waals surface area contributed by atoms with E-state index in [1.54, 1.807) is 4.90 Å². The van der Waals surface area contributed by atoms with Gasteiger partial charge >= 0.3 is 5.97 Å². The number of piperidine rings is 1. The number of aromatic carboxylic acids is 1. The highest BCUT2D eigenvalue weighted by atomic mass is 19.1. The van der Waals surface area contributed by atoms with E-state index >= 15 is 0 Å². The number of carboxylic acids is 1. The van der Waals surface area contributed by atoms with Crippen molar-refractivity contribution < 1.29 is 19.1 Å². The van der Waals surface area contributed by atoms with Crippen molar-refractivity contribution in [3.05, 3.63) is 23.6 Å². The number of rotatable bonds is 3. The Morgan fingerprint density at radius 3 is 2.65 bits per heavy atom. The SMILES string of the molecule is CC(=O)N1CCC(Nc2cc(C(=O)O)c(F)cn2)CC1. The molecule has 1 aliphatic heterocycles. The van der Waals surface area contributed by atoms with Crippen molar-refractivity contribution >= 4 is 17.7 Å². The van der Waals surface area contributed by atoms with Crippen LogP contribution >= 0.6 is 0 Å². The zero-order chi connectivity index (χ0) is 14.7. The zero-order valence-electron chi connectivity index (χ0n) is 11.1. The summed E-state index contributed by atoms with van der Waals surface area (Å²) in [7, 11) is 0.